The highest BCUT2D eigenvalue weighted by atomic mass is 31.2. The van der Waals surface area contributed by atoms with E-state index in [9.17, 15) is 24.4 Å². The van der Waals surface area contributed by atoms with Crippen molar-refractivity contribution >= 4 is 36.2 Å². The lowest BCUT2D eigenvalue weighted by Crippen LogP contribution is -2.37. The Morgan fingerprint density at radius 3 is 2.28 bits per heavy atom. The minimum absolute atomic E-state index is 0.0607. The highest BCUT2D eigenvalue weighted by Gasteiger charge is 2.26. The lowest BCUT2D eigenvalue weighted by Gasteiger charge is -2.24. The largest absolute Gasteiger partial charge is 0.472 e. The Bertz CT molecular complexity index is 1240. The molecule has 1 aromatic heterocycles. The van der Waals surface area contributed by atoms with E-state index in [2.05, 4.69) is 22.6 Å². The van der Waals surface area contributed by atoms with Crippen molar-refractivity contribution in [1.82, 2.24) is 10.3 Å². The molecule has 2 rings (SSSR count). The summed E-state index contributed by atoms with van der Waals surface area (Å²) in [7, 11) is 1.56. The van der Waals surface area contributed by atoms with Crippen LogP contribution in [0.1, 0.15) is 90.4 Å². The van der Waals surface area contributed by atoms with Crippen LogP contribution in [0.25, 0.3) is 11.0 Å². The third-order valence-corrected chi connectivity index (χ3v) is 8.38. The van der Waals surface area contributed by atoms with Gasteiger partial charge in [0.2, 0.25) is 5.52 Å². The highest BCUT2D eigenvalue weighted by molar-refractivity contribution is 7.47. The van der Waals surface area contributed by atoms with Gasteiger partial charge in [-0.05, 0) is 35.6 Å². The van der Waals surface area contributed by atoms with Crippen molar-refractivity contribution in [3.05, 3.63) is 22.2 Å². The second kappa shape index (κ2) is 22.0. The fourth-order valence-electron chi connectivity index (χ4n) is 4.67. The summed E-state index contributed by atoms with van der Waals surface area (Å²) in [6.07, 6.45) is 11.6. The zero-order chi connectivity index (χ0) is 34.5. The average Bonchev–Trinajstić information content (AvgIpc) is 3.49. The number of nitro benzene ring substituents is 1. The van der Waals surface area contributed by atoms with Crippen LogP contribution in [-0.2, 0) is 27.9 Å². The van der Waals surface area contributed by atoms with Gasteiger partial charge in [0.25, 0.3) is 0 Å². The number of rotatable bonds is 28. The number of hydrogen-bond donors (Lipinski definition) is 2. The molecule has 0 saturated carbocycles. The maximum absolute atomic E-state index is 12.5. The molecule has 0 saturated heterocycles. The van der Waals surface area contributed by atoms with E-state index in [0.717, 1.165) is 77.2 Å². The van der Waals surface area contributed by atoms with Crippen molar-refractivity contribution in [2.75, 3.05) is 66.0 Å². The molecule has 15 nitrogen and oxygen atoms in total. The van der Waals surface area contributed by atoms with Gasteiger partial charge in [0.1, 0.15) is 19.3 Å². The molecule has 2 N–H and O–H groups in total. The number of phosphoric acid groups is 1. The number of quaternary nitrogens is 1. The smallest absolute Gasteiger partial charge is 0.457 e. The van der Waals surface area contributed by atoms with E-state index >= 15 is 0 Å². The summed E-state index contributed by atoms with van der Waals surface area (Å²) >= 11 is 0. The second-order valence-electron chi connectivity index (χ2n) is 12.7. The predicted molar refractivity (Wildman–Crippen MR) is 178 cm³/mol. The normalized spacial score (nSPS) is 13.8. The van der Waals surface area contributed by atoms with Gasteiger partial charge in [0.15, 0.2) is 5.52 Å². The Hall–Kier alpha value is -2.68. The van der Waals surface area contributed by atoms with Crippen molar-refractivity contribution in [3.8, 4) is 0 Å². The molecular formula is C31H55N5O10P+. The summed E-state index contributed by atoms with van der Waals surface area (Å²) in [6.45, 7) is 3.73. The van der Waals surface area contributed by atoms with Crippen molar-refractivity contribution in [1.29, 1.82) is 0 Å². The van der Waals surface area contributed by atoms with Crippen molar-refractivity contribution in [2.24, 2.45) is 0 Å². The number of esters is 1. The topological polar surface area (TPSA) is 185 Å². The number of ether oxygens (including phenoxy) is 2. The van der Waals surface area contributed by atoms with Crippen LogP contribution in [-0.4, -0.2) is 97.3 Å². The molecule has 0 amide bonds. The first-order valence-corrected chi connectivity index (χ1v) is 18.2. The lowest BCUT2D eigenvalue weighted by atomic mass is 10.1. The molecule has 2 aromatic rings. The van der Waals surface area contributed by atoms with Crippen molar-refractivity contribution in [2.45, 2.75) is 96.5 Å². The molecule has 0 radical (unpaired) electrons. The molecule has 1 heterocycles. The van der Waals surface area contributed by atoms with Crippen LogP contribution in [0.4, 0.5) is 11.4 Å². The predicted octanol–water partition coefficient (Wildman–Crippen LogP) is 6.40. The SMILES string of the molecule is CCCCCOC[C@H](COP(=O)(O)OCC[N+](C)(C)C)OC(=O)CCCCCCCCCCCNc1ccc([N+](=O)[O-])c2nonc12. The molecule has 0 aliphatic carbocycles. The first kappa shape index (κ1) is 40.5. The van der Waals surface area contributed by atoms with Crippen LogP contribution in [0.2, 0.25) is 0 Å². The molecular weight excluding hydrogens is 633 g/mol. The van der Waals surface area contributed by atoms with Crippen LogP contribution in [0, 0.1) is 10.1 Å². The van der Waals surface area contributed by atoms with Gasteiger partial charge in [0, 0.05) is 25.6 Å². The van der Waals surface area contributed by atoms with Crippen LogP contribution < -0.4 is 5.32 Å². The summed E-state index contributed by atoms with van der Waals surface area (Å²) in [5, 5.41) is 21.8. The fraction of sp³-hybridized carbons (Fsp3) is 0.774. The summed E-state index contributed by atoms with van der Waals surface area (Å²) in [4.78, 5) is 33.1. The van der Waals surface area contributed by atoms with E-state index in [1.54, 1.807) is 6.07 Å². The second-order valence-corrected chi connectivity index (χ2v) is 14.2. The number of benzene rings is 1. The summed E-state index contributed by atoms with van der Waals surface area (Å²) in [5.74, 6) is -0.377. The van der Waals surface area contributed by atoms with Gasteiger partial charge in [-0.3, -0.25) is 24.0 Å². The van der Waals surface area contributed by atoms with Gasteiger partial charge < -0.3 is 24.2 Å². The molecule has 16 heteroatoms. The molecule has 0 aliphatic rings. The fourth-order valence-corrected chi connectivity index (χ4v) is 5.41. The molecule has 0 bridgehead atoms. The van der Waals surface area contributed by atoms with Crippen molar-refractivity contribution < 1.29 is 46.8 Å². The Balaban J connectivity index is 1.56. The van der Waals surface area contributed by atoms with Crippen LogP contribution in [0.5, 0.6) is 0 Å². The van der Waals surface area contributed by atoms with Crippen LogP contribution in [0.3, 0.4) is 0 Å². The number of phosphoric ester groups is 1. The molecule has 1 aromatic carbocycles. The van der Waals surface area contributed by atoms with Gasteiger partial charge in [-0.25, -0.2) is 9.19 Å². The minimum Gasteiger partial charge on any atom is -0.457 e. The van der Waals surface area contributed by atoms with E-state index in [4.69, 9.17) is 23.2 Å². The quantitative estimate of drug-likeness (QED) is 0.0250. The van der Waals surface area contributed by atoms with E-state index in [-0.39, 0.29) is 43.4 Å². The van der Waals surface area contributed by atoms with E-state index in [1.807, 2.05) is 21.1 Å². The number of anilines is 1. The number of fused-ring (bicyclic) bond motifs is 1. The monoisotopic (exact) mass is 688 g/mol. The number of likely N-dealkylation sites (N-methyl/N-ethyl adjacent to an activating group) is 1. The molecule has 0 fully saturated rings. The van der Waals surface area contributed by atoms with Crippen LogP contribution >= 0.6 is 7.82 Å². The van der Waals surface area contributed by atoms with E-state index in [1.165, 1.54) is 6.07 Å². The number of hydrogen-bond acceptors (Lipinski definition) is 12. The van der Waals surface area contributed by atoms with Gasteiger partial charge >= 0.3 is 19.5 Å². The summed E-state index contributed by atoms with van der Waals surface area (Å²) < 4.78 is 38.9. The highest BCUT2D eigenvalue weighted by Crippen LogP contribution is 2.43. The molecule has 2 atom stereocenters. The first-order valence-electron chi connectivity index (χ1n) is 16.7. The first-order chi connectivity index (χ1) is 22.4. The zero-order valence-corrected chi connectivity index (χ0v) is 29.4. The molecule has 0 aliphatic heterocycles. The maximum atomic E-state index is 12.5. The minimum atomic E-state index is -4.28. The summed E-state index contributed by atoms with van der Waals surface area (Å²) in [5.41, 5.74) is 1.04. The number of nitrogens with zero attached hydrogens (tertiary/aromatic N) is 4. The Labute approximate surface area is 278 Å². The van der Waals surface area contributed by atoms with Gasteiger partial charge in [-0.2, -0.15) is 0 Å². The maximum Gasteiger partial charge on any atom is 0.472 e. The molecule has 47 heavy (non-hydrogen) atoms. The number of aromatic nitrogens is 2. The van der Waals surface area contributed by atoms with Gasteiger partial charge in [-0.1, -0.05) is 64.7 Å². The molecule has 0 spiro atoms. The molecule has 268 valence electrons. The number of non-ortho nitro benzene ring substituents is 1. The Kier molecular flexibility index (Phi) is 19.0. The van der Waals surface area contributed by atoms with Crippen LogP contribution in [0.15, 0.2) is 16.8 Å². The van der Waals surface area contributed by atoms with E-state index in [0.29, 0.717) is 35.3 Å². The third-order valence-electron chi connectivity index (χ3n) is 7.40. The van der Waals surface area contributed by atoms with Gasteiger partial charge in [-0.15, -0.1) is 0 Å². The Morgan fingerprint density at radius 2 is 1.62 bits per heavy atom. The molecule has 1 unspecified atom stereocenters. The summed E-state index contributed by atoms with van der Waals surface area (Å²) in [6, 6.07) is 3.03. The van der Waals surface area contributed by atoms with E-state index < -0.39 is 18.8 Å². The number of nitro groups is 1. The Morgan fingerprint density at radius 1 is 0.957 bits per heavy atom. The number of carbonyl (C=O) groups excluding carboxylic acids is 1. The standard InChI is InChI=1S/C31H54N5O10P/c1-5-6-16-22-42-24-26(25-44-47(40,41)43-23-21-36(2,3)4)45-29(37)17-14-12-10-8-7-9-11-13-15-20-32-27-18-19-28(35(38)39)31-30(27)33-46-34-31/h18-19,26H,5-17,20-25H2,1-4H3,(H-,32,34,40,41)/p+1/t26-/m1/s1. The number of carbonyl (C=O) groups is 1. The average molecular weight is 689 g/mol. The lowest BCUT2D eigenvalue weighted by molar-refractivity contribution is -0.870. The van der Waals surface area contributed by atoms with Gasteiger partial charge in [0.05, 0.1) is 45.0 Å². The zero-order valence-electron chi connectivity index (χ0n) is 28.5. The third kappa shape index (κ3) is 17.9. The number of nitrogens with one attached hydrogen (secondary N) is 1. The van der Waals surface area contributed by atoms with Crippen molar-refractivity contribution in [3.63, 3.8) is 0 Å². The number of unbranched alkanes of at least 4 members (excludes halogenated alkanes) is 10.